The Labute approximate surface area is 113 Å². The van der Waals surface area contributed by atoms with Crippen molar-refractivity contribution in [2.75, 3.05) is 25.7 Å². The lowest BCUT2D eigenvalue weighted by Gasteiger charge is -2.18. The highest BCUT2D eigenvalue weighted by Gasteiger charge is 2.11. The third kappa shape index (κ3) is 4.70. The number of hydrogen-bond donors (Lipinski definition) is 1. The summed E-state index contributed by atoms with van der Waals surface area (Å²) in [5.41, 5.74) is 2.62. The number of aryl methyl sites for hydroxylation is 1. The second-order valence-corrected chi connectivity index (χ2v) is 5.25. The molecule has 0 aliphatic heterocycles. The van der Waals surface area contributed by atoms with Gasteiger partial charge in [-0.15, -0.1) is 0 Å². The van der Waals surface area contributed by atoms with Crippen molar-refractivity contribution >= 4 is 17.7 Å². The van der Waals surface area contributed by atoms with Crippen LogP contribution >= 0.6 is 11.8 Å². The fourth-order valence-electron chi connectivity index (χ4n) is 1.77. The molecule has 0 saturated carbocycles. The molecule has 0 spiro atoms. The van der Waals surface area contributed by atoms with Crippen molar-refractivity contribution in [1.82, 2.24) is 5.32 Å². The average molecular weight is 267 g/mol. The SMILES string of the molecule is CNC(CSCCC(=O)OC)c1ccccc1C. The maximum atomic E-state index is 11.0. The van der Waals surface area contributed by atoms with E-state index >= 15 is 0 Å². The Bertz CT molecular complexity index is 382. The molecule has 100 valence electrons. The van der Waals surface area contributed by atoms with E-state index in [0.717, 1.165) is 11.5 Å². The fourth-order valence-corrected chi connectivity index (χ4v) is 2.82. The normalized spacial score (nSPS) is 12.2. The molecule has 1 aromatic rings. The molecule has 1 aromatic carbocycles. The molecule has 4 heteroatoms. The zero-order chi connectivity index (χ0) is 13.4. The lowest BCUT2D eigenvalue weighted by molar-refractivity contribution is -0.140. The number of ether oxygens (including phenoxy) is 1. The van der Waals surface area contributed by atoms with E-state index in [0.29, 0.717) is 12.5 Å². The quantitative estimate of drug-likeness (QED) is 0.608. The number of nitrogens with one attached hydrogen (secondary N) is 1. The molecule has 0 heterocycles. The molecule has 0 saturated heterocycles. The minimum absolute atomic E-state index is 0.139. The molecule has 1 atom stereocenters. The highest BCUT2D eigenvalue weighted by molar-refractivity contribution is 7.99. The molecule has 0 aliphatic carbocycles. The van der Waals surface area contributed by atoms with Crippen LogP contribution in [-0.2, 0) is 9.53 Å². The number of esters is 1. The van der Waals surface area contributed by atoms with Crippen LogP contribution in [0.3, 0.4) is 0 Å². The van der Waals surface area contributed by atoms with Crippen LogP contribution in [0.1, 0.15) is 23.6 Å². The molecule has 0 radical (unpaired) electrons. The Morgan fingerprint density at radius 3 is 2.78 bits per heavy atom. The molecule has 0 bridgehead atoms. The lowest BCUT2D eigenvalue weighted by atomic mass is 10.0. The summed E-state index contributed by atoms with van der Waals surface area (Å²) >= 11 is 1.77. The van der Waals surface area contributed by atoms with Crippen LogP contribution in [0.25, 0.3) is 0 Å². The molecule has 0 fully saturated rings. The van der Waals surface area contributed by atoms with Crippen molar-refractivity contribution in [3.63, 3.8) is 0 Å². The standard InChI is InChI=1S/C14H21NO2S/c1-11-6-4-5-7-12(11)13(15-2)10-18-9-8-14(16)17-3/h4-7,13,15H,8-10H2,1-3H3. The maximum absolute atomic E-state index is 11.0. The van der Waals surface area contributed by atoms with E-state index in [1.807, 2.05) is 7.05 Å². The van der Waals surface area contributed by atoms with Crippen molar-refractivity contribution in [2.45, 2.75) is 19.4 Å². The monoisotopic (exact) mass is 267 g/mol. The van der Waals surface area contributed by atoms with Gasteiger partial charge in [-0.2, -0.15) is 11.8 Å². The molecule has 0 amide bonds. The third-order valence-electron chi connectivity index (χ3n) is 2.88. The number of carbonyl (C=O) groups excluding carboxylic acids is 1. The van der Waals surface area contributed by atoms with E-state index in [-0.39, 0.29) is 5.97 Å². The molecule has 0 aliphatic rings. The molecule has 1 N–H and O–H groups in total. The van der Waals surface area contributed by atoms with E-state index in [1.165, 1.54) is 18.2 Å². The van der Waals surface area contributed by atoms with Crippen LogP contribution in [0.4, 0.5) is 0 Å². The zero-order valence-corrected chi connectivity index (χ0v) is 12.0. The van der Waals surface area contributed by atoms with Gasteiger partial charge in [-0.1, -0.05) is 24.3 Å². The van der Waals surface area contributed by atoms with E-state index in [2.05, 4.69) is 41.2 Å². The minimum atomic E-state index is -0.139. The maximum Gasteiger partial charge on any atom is 0.306 e. The minimum Gasteiger partial charge on any atom is -0.469 e. The first-order valence-electron chi connectivity index (χ1n) is 6.06. The molecule has 0 aromatic heterocycles. The highest BCUT2D eigenvalue weighted by Crippen LogP contribution is 2.21. The summed E-state index contributed by atoms with van der Waals surface area (Å²) in [6.07, 6.45) is 0.478. The van der Waals surface area contributed by atoms with Gasteiger partial charge in [0.2, 0.25) is 0 Å². The molecular formula is C14H21NO2S. The first-order valence-corrected chi connectivity index (χ1v) is 7.22. The zero-order valence-electron chi connectivity index (χ0n) is 11.2. The van der Waals surface area contributed by atoms with Crippen LogP contribution in [-0.4, -0.2) is 31.6 Å². The summed E-state index contributed by atoms with van der Waals surface area (Å²) in [7, 11) is 3.40. The topological polar surface area (TPSA) is 38.3 Å². The van der Waals surface area contributed by atoms with Gasteiger partial charge in [0.25, 0.3) is 0 Å². The first kappa shape index (κ1) is 15.1. The Kier molecular flexibility index (Phi) is 6.83. The molecule has 3 nitrogen and oxygen atoms in total. The van der Waals surface area contributed by atoms with Crippen LogP contribution in [0.15, 0.2) is 24.3 Å². The Morgan fingerprint density at radius 2 is 2.17 bits per heavy atom. The van der Waals surface area contributed by atoms with E-state index in [4.69, 9.17) is 0 Å². The number of hydrogen-bond acceptors (Lipinski definition) is 4. The fraction of sp³-hybridized carbons (Fsp3) is 0.500. The largest absolute Gasteiger partial charge is 0.469 e. The van der Waals surface area contributed by atoms with Gasteiger partial charge in [-0.05, 0) is 25.1 Å². The second-order valence-electron chi connectivity index (χ2n) is 4.10. The summed E-state index contributed by atoms with van der Waals surface area (Å²) in [4.78, 5) is 11.0. The second kappa shape index (κ2) is 8.16. The average Bonchev–Trinajstić information content (AvgIpc) is 2.40. The van der Waals surface area contributed by atoms with Crippen molar-refractivity contribution < 1.29 is 9.53 Å². The van der Waals surface area contributed by atoms with E-state index < -0.39 is 0 Å². The Hall–Kier alpha value is -1.00. The molecule has 18 heavy (non-hydrogen) atoms. The predicted octanol–water partition coefficient (Wildman–Crippen LogP) is 2.55. The van der Waals surface area contributed by atoms with Gasteiger partial charge in [0, 0.05) is 17.5 Å². The van der Waals surface area contributed by atoms with Gasteiger partial charge in [0.1, 0.15) is 0 Å². The Morgan fingerprint density at radius 1 is 1.44 bits per heavy atom. The third-order valence-corrected chi connectivity index (χ3v) is 3.94. The van der Waals surface area contributed by atoms with Crippen LogP contribution in [0, 0.1) is 6.92 Å². The van der Waals surface area contributed by atoms with Crippen molar-refractivity contribution in [3.8, 4) is 0 Å². The number of rotatable bonds is 7. The predicted molar refractivity (Wildman–Crippen MR) is 76.9 cm³/mol. The summed E-state index contributed by atoms with van der Waals surface area (Å²) in [6.45, 7) is 2.12. The van der Waals surface area contributed by atoms with Crippen LogP contribution in [0.5, 0.6) is 0 Å². The van der Waals surface area contributed by atoms with Crippen molar-refractivity contribution in [1.29, 1.82) is 0 Å². The van der Waals surface area contributed by atoms with E-state index in [9.17, 15) is 4.79 Å². The number of carbonyl (C=O) groups is 1. The van der Waals surface area contributed by atoms with E-state index in [1.54, 1.807) is 11.8 Å². The molecule has 1 unspecified atom stereocenters. The smallest absolute Gasteiger partial charge is 0.306 e. The van der Waals surface area contributed by atoms with Gasteiger partial charge in [0.05, 0.1) is 13.5 Å². The van der Waals surface area contributed by atoms with Crippen molar-refractivity contribution in [2.24, 2.45) is 0 Å². The summed E-state index contributed by atoms with van der Waals surface area (Å²) in [5.74, 6) is 1.62. The number of methoxy groups -OCH3 is 1. The van der Waals surface area contributed by atoms with Crippen LogP contribution in [0.2, 0.25) is 0 Å². The lowest BCUT2D eigenvalue weighted by Crippen LogP contribution is -2.20. The first-order chi connectivity index (χ1) is 8.69. The van der Waals surface area contributed by atoms with Gasteiger partial charge >= 0.3 is 5.97 Å². The summed E-state index contributed by atoms with van der Waals surface area (Å²) < 4.78 is 4.62. The van der Waals surface area contributed by atoms with Gasteiger partial charge in [0.15, 0.2) is 0 Å². The van der Waals surface area contributed by atoms with Crippen molar-refractivity contribution in [3.05, 3.63) is 35.4 Å². The summed E-state index contributed by atoms with van der Waals surface area (Å²) in [6, 6.07) is 8.71. The van der Waals surface area contributed by atoms with Gasteiger partial charge in [-0.25, -0.2) is 0 Å². The molecular weight excluding hydrogens is 246 g/mol. The number of benzene rings is 1. The number of thioether (sulfide) groups is 1. The molecule has 1 rings (SSSR count). The summed E-state index contributed by atoms with van der Waals surface area (Å²) in [5, 5.41) is 3.32. The van der Waals surface area contributed by atoms with Gasteiger partial charge < -0.3 is 10.1 Å². The Balaban J connectivity index is 2.43. The van der Waals surface area contributed by atoms with Crippen LogP contribution < -0.4 is 5.32 Å². The van der Waals surface area contributed by atoms with Gasteiger partial charge in [-0.3, -0.25) is 4.79 Å². The highest BCUT2D eigenvalue weighted by atomic mass is 32.2.